The Bertz CT molecular complexity index is 987. The van der Waals surface area contributed by atoms with Gasteiger partial charge in [-0.15, -0.1) is 0 Å². The Morgan fingerprint density at radius 3 is 1.46 bits per heavy atom. The van der Waals surface area contributed by atoms with Gasteiger partial charge in [0.2, 0.25) is 0 Å². The molecule has 0 fully saturated rings. The molecule has 0 spiro atoms. The molecular weight excluding hydrogens is 342 g/mol. The zero-order valence-electron chi connectivity index (χ0n) is 15.5. The molecule has 0 atom stereocenters. The van der Waals surface area contributed by atoms with Crippen molar-refractivity contribution in [2.24, 2.45) is 0 Å². The SMILES string of the molecule is O=C(Cc1ccccc1)c1ccc(N(c2ccccc2)c2ccccc2)cc1. The normalized spacial score (nSPS) is 10.4. The number of ketones is 1. The van der Waals surface area contributed by atoms with Gasteiger partial charge in [0, 0.05) is 29.0 Å². The summed E-state index contributed by atoms with van der Waals surface area (Å²) in [7, 11) is 0. The van der Waals surface area contributed by atoms with Gasteiger partial charge in [-0.3, -0.25) is 4.79 Å². The van der Waals surface area contributed by atoms with Crippen LogP contribution in [0.25, 0.3) is 0 Å². The Morgan fingerprint density at radius 1 is 0.536 bits per heavy atom. The monoisotopic (exact) mass is 363 g/mol. The number of para-hydroxylation sites is 2. The summed E-state index contributed by atoms with van der Waals surface area (Å²) in [6.45, 7) is 0. The second-order valence-corrected chi connectivity index (χ2v) is 6.64. The molecule has 2 nitrogen and oxygen atoms in total. The average Bonchev–Trinajstić information content (AvgIpc) is 2.77. The van der Waals surface area contributed by atoms with Crippen LogP contribution in [0, 0.1) is 0 Å². The van der Waals surface area contributed by atoms with Crippen molar-refractivity contribution in [1.29, 1.82) is 0 Å². The summed E-state index contributed by atoms with van der Waals surface area (Å²) in [5.74, 6) is 0.128. The third-order valence-electron chi connectivity index (χ3n) is 4.68. The Balaban J connectivity index is 1.62. The number of hydrogen-bond donors (Lipinski definition) is 0. The van der Waals surface area contributed by atoms with E-state index in [4.69, 9.17) is 0 Å². The van der Waals surface area contributed by atoms with Crippen molar-refractivity contribution in [2.45, 2.75) is 6.42 Å². The molecule has 4 aromatic carbocycles. The highest BCUT2D eigenvalue weighted by Gasteiger charge is 2.13. The predicted octanol–water partition coefficient (Wildman–Crippen LogP) is 6.58. The second-order valence-electron chi connectivity index (χ2n) is 6.64. The maximum atomic E-state index is 12.6. The number of Topliss-reactive ketones (excluding diaryl/α,β-unsaturated/α-hetero) is 1. The highest BCUT2D eigenvalue weighted by atomic mass is 16.1. The Hall–Kier alpha value is -3.65. The lowest BCUT2D eigenvalue weighted by Gasteiger charge is -2.25. The summed E-state index contributed by atoms with van der Waals surface area (Å²) >= 11 is 0. The number of hydrogen-bond acceptors (Lipinski definition) is 2. The maximum Gasteiger partial charge on any atom is 0.167 e. The predicted molar refractivity (Wildman–Crippen MR) is 116 cm³/mol. The molecule has 4 aromatic rings. The van der Waals surface area contributed by atoms with Gasteiger partial charge in [0.1, 0.15) is 0 Å². The first-order valence-corrected chi connectivity index (χ1v) is 9.39. The van der Waals surface area contributed by atoms with Gasteiger partial charge in [-0.1, -0.05) is 66.7 Å². The summed E-state index contributed by atoms with van der Waals surface area (Å²) < 4.78 is 0. The molecule has 2 heteroatoms. The van der Waals surface area contributed by atoms with Gasteiger partial charge in [-0.05, 0) is 54.1 Å². The number of carbonyl (C=O) groups excluding carboxylic acids is 1. The van der Waals surface area contributed by atoms with Gasteiger partial charge in [-0.25, -0.2) is 0 Å². The van der Waals surface area contributed by atoms with Crippen LogP contribution in [0.2, 0.25) is 0 Å². The Kier molecular flexibility index (Phi) is 5.30. The molecule has 0 bridgehead atoms. The standard InChI is InChI=1S/C26H21NO/c28-26(20-21-10-4-1-5-11-21)22-16-18-25(19-17-22)27(23-12-6-2-7-13-23)24-14-8-3-9-15-24/h1-19H,20H2. The van der Waals surface area contributed by atoms with Crippen LogP contribution >= 0.6 is 0 Å². The number of anilines is 3. The maximum absolute atomic E-state index is 12.6. The van der Waals surface area contributed by atoms with Gasteiger partial charge in [-0.2, -0.15) is 0 Å². The van der Waals surface area contributed by atoms with Crippen molar-refractivity contribution in [3.05, 3.63) is 126 Å². The molecule has 0 aromatic heterocycles. The molecule has 136 valence electrons. The van der Waals surface area contributed by atoms with Crippen molar-refractivity contribution >= 4 is 22.8 Å². The first kappa shape index (κ1) is 17.7. The van der Waals surface area contributed by atoms with Gasteiger partial charge in [0.25, 0.3) is 0 Å². The molecule has 0 aliphatic carbocycles. The number of benzene rings is 4. The van der Waals surface area contributed by atoms with E-state index in [0.29, 0.717) is 6.42 Å². The molecule has 0 N–H and O–H groups in total. The molecule has 0 aliphatic rings. The fourth-order valence-corrected chi connectivity index (χ4v) is 3.28. The van der Waals surface area contributed by atoms with Gasteiger partial charge < -0.3 is 4.90 Å². The fourth-order valence-electron chi connectivity index (χ4n) is 3.28. The number of rotatable bonds is 6. The molecule has 0 amide bonds. The van der Waals surface area contributed by atoms with E-state index in [9.17, 15) is 4.79 Å². The number of nitrogens with zero attached hydrogens (tertiary/aromatic N) is 1. The van der Waals surface area contributed by atoms with Crippen molar-refractivity contribution in [2.75, 3.05) is 4.90 Å². The third-order valence-corrected chi connectivity index (χ3v) is 4.68. The van der Waals surface area contributed by atoms with Crippen molar-refractivity contribution < 1.29 is 4.79 Å². The summed E-state index contributed by atoms with van der Waals surface area (Å²) in [6, 6.07) is 38.2. The molecule has 4 rings (SSSR count). The smallest absolute Gasteiger partial charge is 0.167 e. The number of carbonyl (C=O) groups is 1. The lowest BCUT2D eigenvalue weighted by molar-refractivity contribution is 0.0993. The average molecular weight is 363 g/mol. The minimum absolute atomic E-state index is 0.128. The summed E-state index contributed by atoms with van der Waals surface area (Å²) in [4.78, 5) is 14.8. The summed E-state index contributed by atoms with van der Waals surface area (Å²) in [5.41, 5.74) is 4.95. The van der Waals surface area contributed by atoms with Crippen LogP contribution < -0.4 is 4.90 Å². The molecule has 0 radical (unpaired) electrons. The Labute approximate surface area is 165 Å². The summed E-state index contributed by atoms with van der Waals surface area (Å²) in [6.07, 6.45) is 0.418. The van der Waals surface area contributed by atoms with Crippen LogP contribution in [0.1, 0.15) is 15.9 Å². The van der Waals surface area contributed by atoms with E-state index in [1.807, 2.05) is 91.0 Å². The van der Waals surface area contributed by atoms with Crippen LogP contribution in [0.5, 0.6) is 0 Å². The topological polar surface area (TPSA) is 20.3 Å². The van der Waals surface area contributed by atoms with Gasteiger partial charge >= 0.3 is 0 Å². The fraction of sp³-hybridized carbons (Fsp3) is 0.0385. The molecule has 28 heavy (non-hydrogen) atoms. The third kappa shape index (κ3) is 4.02. The molecular formula is C26H21NO. The summed E-state index contributed by atoms with van der Waals surface area (Å²) in [5, 5.41) is 0. The van der Waals surface area contributed by atoms with E-state index in [-0.39, 0.29) is 5.78 Å². The second kappa shape index (κ2) is 8.36. The minimum Gasteiger partial charge on any atom is -0.311 e. The van der Waals surface area contributed by atoms with Crippen LogP contribution in [-0.4, -0.2) is 5.78 Å². The molecule has 0 unspecified atom stereocenters. The van der Waals surface area contributed by atoms with E-state index in [0.717, 1.165) is 28.2 Å². The van der Waals surface area contributed by atoms with Crippen molar-refractivity contribution in [1.82, 2.24) is 0 Å². The molecule has 0 saturated heterocycles. The lowest BCUT2D eigenvalue weighted by Crippen LogP contribution is -2.10. The molecule has 0 heterocycles. The quantitative estimate of drug-likeness (QED) is 0.361. The van der Waals surface area contributed by atoms with Crippen LogP contribution in [0.3, 0.4) is 0 Å². The molecule has 0 aliphatic heterocycles. The first-order chi connectivity index (χ1) is 13.8. The zero-order valence-corrected chi connectivity index (χ0v) is 15.5. The lowest BCUT2D eigenvalue weighted by atomic mass is 10.0. The van der Waals surface area contributed by atoms with E-state index in [2.05, 4.69) is 29.2 Å². The van der Waals surface area contributed by atoms with E-state index >= 15 is 0 Å². The van der Waals surface area contributed by atoms with Gasteiger partial charge in [0.05, 0.1) is 0 Å². The van der Waals surface area contributed by atoms with E-state index in [1.54, 1.807) is 0 Å². The first-order valence-electron chi connectivity index (χ1n) is 9.39. The van der Waals surface area contributed by atoms with Crippen LogP contribution in [-0.2, 0) is 6.42 Å². The van der Waals surface area contributed by atoms with Crippen molar-refractivity contribution in [3.8, 4) is 0 Å². The van der Waals surface area contributed by atoms with Crippen molar-refractivity contribution in [3.63, 3.8) is 0 Å². The highest BCUT2D eigenvalue weighted by Crippen LogP contribution is 2.34. The minimum atomic E-state index is 0.128. The zero-order chi connectivity index (χ0) is 19.2. The van der Waals surface area contributed by atoms with Gasteiger partial charge in [0.15, 0.2) is 5.78 Å². The van der Waals surface area contributed by atoms with Crippen LogP contribution in [0.4, 0.5) is 17.1 Å². The van der Waals surface area contributed by atoms with Crippen LogP contribution in [0.15, 0.2) is 115 Å². The highest BCUT2D eigenvalue weighted by molar-refractivity contribution is 5.98. The van der Waals surface area contributed by atoms with E-state index in [1.165, 1.54) is 0 Å². The largest absolute Gasteiger partial charge is 0.311 e. The molecule has 0 saturated carbocycles. The van der Waals surface area contributed by atoms with E-state index < -0.39 is 0 Å². The Morgan fingerprint density at radius 2 is 0.964 bits per heavy atom.